The molecule has 0 saturated heterocycles. The Morgan fingerprint density at radius 2 is 2.45 bits per heavy atom. The Hall–Kier alpha value is -0.830. The number of nitrogens with zero attached hydrogens (tertiary/aromatic N) is 2. The fourth-order valence-electron chi connectivity index (χ4n) is 0.991. The minimum Gasteiger partial charge on any atom is -0.393 e. The van der Waals surface area contributed by atoms with E-state index in [1.165, 1.54) is 0 Å². The molecule has 3 heteroatoms. The van der Waals surface area contributed by atoms with Gasteiger partial charge in [0.1, 0.15) is 0 Å². The van der Waals surface area contributed by atoms with Crippen molar-refractivity contribution in [2.45, 2.75) is 32.9 Å². The number of aryl methyl sites for hydroxylation is 1. The molecule has 0 radical (unpaired) electrons. The number of hydrogen-bond acceptors (Lipinski definition) is 2. The largest absolute Gasteiger partial charge is 0.393 e. The molecule has 0 aliphatic rings. The van der Waals surface area contributed by atoms with Gasteiger partial charge in [0.2, 0.25) is 0 Å². The van der Waals surface area contributed by atoms with E-state index in [0.717, 1.165) is 12.2 Å². The lowest BCUT2D eigenvalue weighted by molar-refractivity contribution is 0.194. The highest BCUT2D eigenvalue weighted by atomic mass is 16.3. The predicted octanol–water partition coefficient (Wildman–Crippen LogP) is 0.826. The van der Waals surface area contributed by atoms with E-state index >= 15 is 0 Å². The van der Waals surface area contributed by atoms with Crippen molar-refractivity contribution < 1.29 is 5.11 Å². The highest BCUT2D eigenvalue weighted by molar-refractivity contribution is 4.99. The maximum absolute atomic E-state index is 9.04. The van der Waals surface area contributed by atoms with Gasteiger partial charge in [0.25, 0.3) is 0 Å². The molecule has 0 aliphatic carbocycles. The van der Waals surface area contributed by atoms with Crippen molar-refractivity contribution in [3.05, 3.63) is 18.0 Å². The molecule has 0 bridgehead atoms. The zero-order chi connectivity index (χ0) is 8.27. The van der Waals surface area contributed by atoms with Crippen LogP contribution in [0.1, 0.15) is 19.5 Å². The second-order valence-electron chi connectivity index (χ2n) is 2.72. The predicted molar refractivity (Wildman–Crippen MR) is 43.3 cm³/mol. The first-order valence-corrected chi connectivity index (χ1v) is 3.92. The van der Waals surface area contributed by atoms with Gasteiger partial charge in [-0.1, -0.05) is 0 Å². The molecule has 1 N–H and O–H groups in total. The van der Waals surface area contributed by atoms with Crippen molar-refractivity contribution >= 4 is 0 Å². The monoisotopic (exact) mass is 154 g/mol. The quantitative estimate of drug-likeness (QED) is 0.700. The minimum atomic E-state index is -0.296. The molecule has 62 valence electrons. The third kappa shape index (κ3) is 2.35. The van der Waals surface area contributed by atoms with E-state index in [1.54, 1.807) is 6.92 Å². The van der Waals surface area contributed by atoms with Crippen LogP contribution in [0.15, 0.2) is 12.3 Å². The molecule has 1 heterocycles. The van der Waals surface area contributed by atoms with Crippen LogP contribution >= 0.6 is 0 Å². The summed E-state index contributed by atoms with van der Waals surface area (Å²) in [5.74, 6) is 0. The Bertz CT molecular complexity index is 218. The number of aliphatic hydroxyl groups is 1. The molecular weight excluding hydrogens is 140 g/mol. The molecule has 1 aromatic heterocycles. The van der Waals surface area contributed by atoms with Gasteiger partial charge in [0, 0.05) is 19.2 Å². The van der Waals surface area contributed by atoms with Gasteiger partial charge < -0.3 is 5.11 Å². The van der Waals surface area contributed by atoms with Gasteiger partial charge in [-0.05, 0) is 19.9 Å². The van der Waals surface area contributed by atoms with Crippen molar-refractivity contribution in [2.75, 3.05) is 0 Å². The Morgan fingerprint density at radius 3 is 2.91 bits per heavy atom. The summed E-state index contributed by atoms with van der Waals surface area (Å²) in [4.78, 5) is 0. The maximum Gasteiger partial charge on any atom is 0.0650 e. The van der Waals surface area contributed by atoms with Crippen molar-refractivity contribution in [1.82, 2.24) is 9.78 Å². The van der Waals surface area contributed by atoms with Gasteiger partial charge >= 0.3 is 0 Å². The van der Waals surface area contributed by atoms with E-state index in [4.69, 9.17) is 5.11 Å². The third-order valence-corrected chi connectivity index (χ3v) is 1.52. The highest BCUT2D eigenvalue weighted by Gasteiger charge is 2.01. The summed E-state index contributed by atoms with van der Waals surface area (Å²) in [6, 6.07) is 1.94. The van der Waals surface area contributed by atoms with Crippen LogP contribution in [-0.2, 0) is 13.0 Å². The maximum atomic E-state index is 9.04. The number of aliphatic hydroxyl groups excluding tert-OH is 1. The van der Waals surface area contributed by atoms with Crippen molar-refractivity contribution in [1.29, 1.82) is 0 Å². The normalized spacial score (nSPS) is 13.4. The van der Waals surface area contributed by atoms with Gasteiger partial charge in [-0.15, -0.1) is 0 Å². The van der Waals surface area contributed by atoms with Crippen LogP contribution in [0.25, 0.3) is 0 Å². The van der Waals surface area contributed by atoms with Crippen molar-refractivity contribution in [3.8, 4) is 0 Å². The van der Waals surface area contributed by atoms with E-state index in [2.05, 4.69) is 5.10 Å². The van der Waals surface area contributed by atoms with E-state index in [9.17, 15) is 0 Å². The molecule has 0 fully saturated rings. The molecule has 0 aromatic carbocycles. The molecule has 11 heavy (non-hydrogen) atoms. The zero-order valence-corrected chi connectivity index (χ0v) is 6.99. The first-order chi connectivity index (χ1) is 5.22. The van der Waals surface area contributed by atoms with Crippen LogP contribution in [0.4, 0.5) is 0 Å². The molecule has 1 aromatic rings. The fourth-order valence-corrected chi connectivity index (χ4v) is 0.991. The van der Waals surface area contributed by atoms with Crippen LogP contribution in [-0.4, -0.2) is 21.0 Å². The summed E-state index contributed by atoms with van der Waals surface area (Å²) in [6.45, 7) is 4.70. The molecule has 3 nitrogen and oxygen atoms in total. The van der Waals surface area contributed by atoms with E-state index in [1.807, 2.05) is 23.9 Å². The summed E-state index contributed by atoms with van der Waals surface area (Å²) in [6.07, 6.45) is 2.28. The van der Waals surface area contributed by atoms with E-state index in [-0.39, 0.29) is 6.10 Å². The molecule has 1 rings (SSSR count). The average molecular weight is 154 g/mol. The molecule has 0 saturated carbocycles. The molecule has 0 spiro atoms. The highest BCUT2D eigenvalue weighted by Crippen LogP contribution is 1.99. The Kier molecular flexibility index (Phi) is 2.65. The van der Waals surface area contributed by atoms with Crippen LogP contribution in [0.5, 0.6) is 0 Å². The van der Waals surface area contributed by atoms with E-state index < -0.39 is 0 Å². The molecule has 1 atom stereocenters. The molecule has 0 amide bonds. The Balaban J connectivity index is 2.58. The summed E-state index contributed by atoms with van der Waals surface area (Å²) < 4.78 is 1.86. The van der Waals surface area contributed by atoms with E-state index in [0.29, 0.717) is 6.42 Å². The summed E-state index contributed by atoms with van der Waals surface area (Å²) in [7, 11) is 0. The summed E-state index contributed by atoms with van der Waals surface area (Å²) in [5.41, 5.74) is 0.960. The average Bonchev–Trinajstić information content (AvgIpc) is 2.34. The van der Waals surface area contributed by atoms with Gasteiger partial charge in [0.05, 0.1) is 11.8 Å². The lowest BCUT2D eigenvalue weighted by atomic mass is 10.2. The molecule has 1 unspecified atom stereocenters. The number of rotatable bonds is 3. The number of aromatic nitrogens is 2. The van der Waals surface area contributed by atoms with Crippen LogP contribution in [0.3, 0.4) is 0 Å². The standard InChI is InChI=1S/C8H14N2O/c1-3-10-5-4-8(9-10)6-7(2)11/h4-5,7,11H,3,6H2,1-2H3. The smallest absolute Gasteiger partial charge is 0.0650 e. The molecular formula is C8H14N2O. The van der Waals surface area contributed by atoms with Gasteiger partial charge in [-0.2, -0.15) is 5.10 Å². The fraction of sp³-hybridized carbons (Fsp3) is 0.625. The van der Waals surface area contributed by atoms with Crippen LogP contribution in [0, 0.1) is 0 Å². The third-order valence-electron chi connectivity index (χ3n) is 1.52. The Labute approximate surface area is 66.7 Å². The van der Waals surface area contributed by atoms with Crippen LogP contribution in [0.2, 0.25) is 0 Å². The first kappa shape index (κ1) is 8.27. The topological polar surface area (TPSA) is 38.0 Å². The SMILES string of the molecule is CCn1ccc(CC(C)O)n1. The Morgan fingerprint density at radius 1 is 1.73 bits per heavy atom. The van der Waals surface area contributed by atoms with Crippen molar-refractivity contribution in [2.24, 2.45) is 0 Å². The lowest BCUT2D eigenvalue weighted by Gasteiger charge is -1.98. The van der Waals surface area contributed by atoms with Gasteiger partial charge in [0.15, 0.2) is 0 Å². The zero-order valence-electron chi connectivity index (χ0n) is 6.99. The lowest BCUT2D eigenvalue weighted by Crippen LogP contribution is -2.05. The first-order valence-electron chi connectivity index (χ1n) is 3.92. The molecule has 0 aliphatic heterocycles. The number of hydrogen-bond donors (Lipinski definition) is 1. The second-order valence-corrected chi connectivity index (χ2v) is 2.72. The summed E-state index contributed by atoms with van der Waals surface area (Å²) >= 11 is 0. The van der Waals surface area contributed by atoms with Crippen LogP contribution < -0.4 is 0 Å². The summed E-state index contributed by atoms with van der Waals surface area (Å²) in [5, 5.41) is 13.3. The van der Waals surface area contributed by atoms with Gasteiger partial charge in [-0.3, -0.25) is 4.68 Å². The second kappa shape index (κ2) is 3.53. The van der Waals surface area contributed by atoms with Gasteiger partial charge in [-0.25, -0.2) is 0 Å². The van der Waals surface area contributed by atoms with Crippen molar-refractivity contribution in [3.63, 3.8) is 0 Å². The minimum absolute atomic E-state index is 0.296.